The van der Waals surface area contributed by atoms with Crippen LogP contribution in [0.2, 0.25) is 0 Å². The Balaban J connectivity index is 2.04. The normalized spacial score (nSPS) is 18.7. The molecule has 1 saturated heterocycles. The molecule has 1 aliphatic heterocycles. The van der Waals surface area contributed by atoms with Crippen LogP contribution in [0.4, 0.5) is 5.69 Å². The first-order valence-corrected chi connectivity index (χ1v) is 4.62. The first-order chi connectivity index (χ1) is 6.79. The third-order valence-electron chi connectivity index (χ3n) is 2.32. The Morgan fingerprint density at radius 2 is 2.14 bits per heavy atom. The van der Waals surface area contributed by atoms with Crippen LogP contribution in [0.1, 0.15) is 5.56 Å². The van der Waals surface area contributed by atoms with Gasteiger partial charge in [-0.25, -0.2) is 0 Å². The summed E-state index contributed by atoms with van der Waals surface area (Å²) in [6.45, 7) is 1.80. The van der Waals surface area contributed by atoms with Gasteiger partial charge in [-0.1, -0.05) is 0 Å². The minimum absolute atomic E-state index is 0.399. The number of epoxide rings is 1. The Morgan fingerprint density at radius 3 is 2.64 bits per heavy atom. The van der Waals surface area contributed by atoms with Crippen LogP contribution in [0.3, 0.4) is 0 Å². The molecule has 1 aromatic rings. The minimum Gasteiger partial charge on any atom is -0.372 e. The van der Waals surface area contributed by atoms with Crippen molar-refractivity contribution >= 4 is 5.69 Å². The van der Waals surface area contributed by atoms with Crippen molar-refractivity contribution in [3.05, 3.63) is 29.8 Å². The topological polar surface area (TPSA) is 39.6 Å². The molecule has 0 aromatic heterocycles. The Kier molecular flexibility index (Phi) is 2.38. The zero-order valence-corrected chi connectivity index (χ0v) is 8.10. The van der Waals surface area contributed by atoms with E-state index in [1.807, 2.05) is 31.3 Å². The molecule has 0 radical (unpaired) electrons. The van der Waals surface area contributed by atoms with Crippen LogP contribution in [-0.4, -0.2) is 26.3 Å². The largest absolute Gasteiger partial charge is 0.372 e. The molecular weight excluding hydrogens is 176 g/mol. The zero-order chi connectivity index (χ0) is 9.97. The van der Waals surface area contributed by atoms with Gasteiger partial charge in [0.15, 0.2) is 0 Å². The summed E-state index contributed by atoms with van der Waals surface area (Å²) in [5.74, 6) is 0. The average molecular weight is 188 g/mol. The van der Waals surface area contributed by atoms with Gasteiger partial charge in [-0.2, -0.15) is 5.26 Å². The summed E-state index contributed by atoms with van der Waals surface area (Å²) in [5.41, 5.74) is 1.82. The van der Waals surface area contributed by atoms with Crippen molar-refractivity contribution in [1.29, 1.82) is 5.26 Å². The van der Waals surface area contributed by atoms with Gasteiger partial charge < -0.3 is 9.64 Å². The van der Waals surface area contributed by atoms with Gasteiger partial charge in [0.25, 0.3) is 0 Å². The highest BCUT2D eigenvalue weighted by molar-refractivity contribution is 5.49. The van der Waals surface area contributed by atoms with Crippen LogP contribution in [0.25, 0.3) is 0 Å². The van der Waals surface area contributed by atoms with E-state index >= 15 is 0 Å². The lowest BCUT2D eigenvalue weighted by Gasteiger charge is -2.17. The van der Waals surface area contributed by atoms with E-state index in [1.165, 1.54) is 0 Å². The van der Waals surface area contributed by atoms with Crippen LogP contribution in [0.15, 0.2) is 24.3 Å². The number of rotatable bonds is 3. The highest BCUT2D eigenvalue weighted by Gasteiger charge is 2.23. The number of ether oxygens (including phenoxy) is 1. The van der Waals surface area contributed by atoms with E-state index in [1.54, 1.807) is 0 Å². The van der Waals surface area contributed by atoms with Gasteiger partial charge in [-0.3, -0.25) is 0 Å². The Hall–Kier alpha value is -1.53. The van der Waals surface area contributed by atoms with Crippen molar-refractivity contribution in [2.45, 2.75) is 6.10 Å². The molecule has 72 valence electrons. The molecule has 1 aromatic carbocycles. The van der Waals surface area contributed by atoms with Gasteiger partial charge >= 0.3 is 0 Å². The highest BCUT2D eigenvalue weighted by atomic mass is 16.6. The number of hydrogen-bond donors (Lipinski definition) is 0. The van der Waals surface area contributed by atoms with Gasteiger partial charge in [-0.15, -0.1) is 0 Å². The van der Waals surface area contributed by atoms with E-state index < -0.39 is 0 Å². The second-order valence-electron chi connectivity index (χ2n) is 3.49. The van der Waals surface area contributed by atoms with Crippen LogP contribution in [0.5, 0.6) is 0 Å². The number of benzene rings is 1. The number of hydrogen-bond acceptors (Lipinski definition) is 3. The summed E-state index contributed by atoms with van der Waals surface area (Å²) >= 11 is 0. The maximum atomic E-state index is 8.64. The molecular formula is C11H12N2O. The standard InChI is InChI=1S/C11H12N2O/c1-13(7-11-8-14-11)10-4-2-9(6-12)3-5-10/h2-5,11H,7-8H2,1H3/t11-/m0/s1. The predicted octanol–water partition coefficient (Wildman–Crippen LogP) is 1.39. The fourth-order valence-electron chi connectivity index (χ4n) is 1.37. The molecule has 0 bridgehead atoms. The molecule has 1 atom stereocenters. The minimum atomic E-state index is 0.399. The number of anilines is 1. The Labute approximate surface area is 83.5 Å². The average Bonchev–Trinajstić information content (AvgIpc) is 3.02. The fourth-order valence-corrected chi connectivity index (χ4v) is 1.37. The second-order valence-corrected chi connectivity index (χ2v) is 3.49. The van der Waals surface area contributed by atoms with E-state index in [0.717, 1.165) is 18.8 Å². The van der Waals surface area contributed by atoms with Crippen molar-refractivity contribution in [3.8, 4) is 6.07 Å². The first-order valence-electron chi connectivity index (χ1n) is 4.62. The van der Waals surface area contributed by atoms with E-state index in [0.29, 0.717) is 11.7 Å². The second kappa shape index (κ2) is 3.69. The van der Waals surface area contributed by atoms with Crippen LogP contribution in [-0.2, 0) is 4.74 Å². The molecule has 0 N–H and O–H groups in total. The number of nitrogens with zero attached hydrogens (tertiary/aromatic N) is 2. The summed E-state index contributed by atoms with van der Waals surface area (Å²) in [4.78, 5) is 2.14. The third-order valence-corrected chi connectivity index (χ3v) is 2.32. The monoisotopic (exact) mass is 188 g/mol. The summed E-state index contributed by atoms with van der Waals surface area (Å²) in [6.07, 6.45) is 0.399. The van der Waals surface area contributed by atoms with Crippen LogP contribution < -0.4 is 4.90 Å². The smallest absolute Gasteiger partial charge is 0.0991 e. The molecule has 3 nitrogen and oxygen atoms in total. The molecule has 3 heteroatoms. The van der Waals surface area contributed by atoms with Gasteiger partial charge in [-0.05, 0) is 24.3 Å². The van der Waals surface area contributed by atoms with Crippen molar-refractivity contribution in [1.82, 2.24) is 0 Å². The van der Waals surface area contributed by atoms with Crippen LogP contribution >= 0.6 is 0 Å². The van der Waals surface area contributed by atoms with Crippen molar-refractivity contribution in [2.24, 2.45) is 0 Å². The molecule has 1 heterocycles. The molecule has 0 unspecified atom stereocenters. The lowest BCUT2D eigenvalue weighted by molar-refractivity contribution is 0.410. The van der Waals surface area contributed by atoms with Crippen molar-refractivity contribution in [3.63, 3.8) is 0 Å². The fraction of sp³-hybridized carbons (Fsp3) is 0.364. The summed E-state index contributed by atoms with van der Waals surface area (Å²) < 4.78 is 5.15. The Bertz CT molecular complexity index is 349. The van der Waals surface area contributed by atoms with E-state index in [9.17, 15) is 0 Å². The molecule has 1 aliphatic rings. The van der Waals surface area contributed by atoms with Crippen LogP contribution in [0, 0.1) is 11.3 Å². The van der Waals surface area contributed by atoms with Crippen molar-refractivity contribution < 1.29 is 4.74 Å². The maximum absolute atomic E-state index is 8.64. The van der Waals surface area contributed by atoms with E-state index in [-0.39, 0.29) is 0 Å². The SMILES string of the molecule is CN(C[C@H]1CO1)c1ccc(C#N)cc1. The molecule has 2 rings (SSSR count). The van der Waals surface area contributed by atoms with Gasteiger partial charge in [0.1, 0.15) is 0 Å². The predicted molar refractivity (Wildman–Crippen MR) is 54.2 cm³/mol. The van der Waals surface area contributed by atoms with E-state index in [2.05, 4.69) is 11.0 Å². The summed E-state index contributed by atoms with van der Waals surface area (Å²) in [5, 5.41) is 8.64. The zero-order valence-electron chi connectivity index (χ0n) is 8.10. The molecule has 1 fully saturated rings. The number of nitriles is 1. The maximum Gasteiger partial charge on any atom is 0.0991 e. The highest BCUT2D eigenvalue weighted by Crippen LogP contribution is 2.17. The first kappa shape index (κ1) is 9.04. The van der Waals surface area contributed by atoms with Gasteiger partial charge in [0, 0.05) is 19.3 Å². The summed E-state index contributed by atoms with van der Waals surface area (Å²) in [7, 11) is 2.03. The van der Waals surface area contributed by atoms with Crippen molar-refractivity contribution in [2.75, 3.05) is 25.1 Å². The molecule has 0 saturated carbocycles. The van der Waals surface area contributed by atoms with Gasteiger partial charge in [0.2, 0.25) is 0 Å². The molecule has 0 spiro atoms. The van der Waals surface area contributed by atoms with E-state index in [4.69, 9.17) is 10.00 Å². The van der Waals surface area contributed by atoms with Gasteiger partial charge in [0.05, 0.1) is 24.3 Å². The molecule has 0 aliphatic carbocycles. The Morgan fingerprint density at radius 1 is 1.50 bits per heavy atom. The molecule has 0 amide bonds. The quantitative estimate of drug-likeness (QED) is 0.673. The lowest BCUT2D eigenvalue weighted by Crippen LogP contribution is -2.22. The number of likely N-dealkylation sites (N-methyl/N-ethyl adjacent to an activating group) is 1. The lowest BCUT2D eigenvalue weighted by atomic mass is 10.2. The summed E-state index contributed by atoms with van der Waals surface area (Å²) in [6, 6.07) is 9.69. The third kappa shape index (κ3) is 2.04. The molecule has 14 heavy (non-hydrogen) atoms.